The summed E-state index contributed by atoms with van der Waals surface area (Å²) in [5.41, 5.74) is -14.9. The van der Waals surface area contributed by atoms with Gasteiger partial charge in [-0.15, -0.1) is 0 Å². The van der Waals surface area contributed by atoms with Gasteiger partial charge in [-0.05, 0) is 32.9 Å². The first-order valence-electron chi connectivity index (χ1n) is 12.5. The Balaban J connectivity index is 2.91. The fourth-order valence-corrected chi connectivity index (χ4v) is 4.82. The van der Waals surface area contributed by atoms with Crippen LogP contribution >= 0.6 is 11.6 Å². The van der Waals surface area contributed by atoms with Crippen molar-refractivity contribution in [3.63, 3.8) is 0 Å². The van der Waals surface area contributed by atoms with Gasteiger partial charge in [0.25, 0.3) is 5.91 Å². The second kappa shape index (κ2) is 13.2. The van der Waals surface area contributed by atoms with Gasteiger partial charge in [-0.3, -0.25) is 9.69 Å². The fourth-order valence-electron chi connectivity index (χ4n) is 4.52. The molecule has 2 aromatic carbocycles. The average molecular weight is 649 g/mol. The molecule has 0 aliphatic rings. The van der Waals surface area contributed by atoms with Crippen LogP contribution in [0, 0.1) is 11.6 Å². The number of ether oxygens (including phenoxy) is 1. The molecule has 240 valence electrons. The lowest BCUT2D eigenvalue weighted by Crippen LogP contribution is -2.66. The van der Waals surface area contributed by atoms with Crippen LogP contribution in [-0.2, 0) is 20.6 Å². The number of nitrogens with one attached hydrogen (secondary N) is 1. The summed E-state index contributed by atoms with van der Waals surface area (Å²) in [6.45, 7) is 0.953. The van der Waals surface area contributed by atoms with Crippen LogP contribution in [0.25, 0.3) is 0 Å². The lowest BCUT2D eigenvalue weighted by molar-refractivity contribution is -0.241. The molecule has 0 aliphatic carbocycles. The van der Waals surface area contributed by atoms with E-state index in [1.54, 1.807) is 0 Å². The smallest absolute Gasteiger partial charge is 0.416 e. The van der Waals surface area contributed by atoms with E-state index in [2.05, 4.69) is 0 Å². The third kappa shape index (κ3) is 7.32. The van der Waals surface area contributed by atoms with Gasteiger partial charge in [0.1, 0.15) is 17.2 Å². The number of alkyl halides is 7. The molecule has 0 saturated heterocycles. The molecule has 0 bridgehead atoms. The first kappa shape index (κ1) is 36.0. The van der Waals surface area contributed by atoms with E-state index in [9.17, 15) is 37.4 Å². The molecule has 0 spiro atoms. The highest BCUT2D eigenvalue weighted by atomic mass is 35.5. The Morgan fingerprint density at radius 1 is 0.837 bits per heavy atom. The molecule has 3 atom stereocenters. The highest BCUT2D eigenvalue weighted by Gasteiger charge is 2.66. The van der Waals surface area contributed by atoms with E-state index in [-0.39, 0.29) is 0 Å². The van der Waals surface area contributed by atoms with Crippen molar-refractivity contribution in [2.75, 3.05) is 13.2 Å². The summed E-state index contributed by atoms with van der Waals surface area (Å²) in [6.07, 6.45) is -16.3. The van der Waals surface area contributed by atoms with Crippen molar-refractivity contribution in [3.8, 4) is 0 Å². The number of rotatable bonds is 10. The van der Waals surface area contributed by atoms with Gasteiger partial charge >= 0.3 is 18.4 Å². The fraction of sp³-hybridized carbons (Fsp3) is 0.481. The van der Waals surface area contributed by atoms with Gasteiger partial charge in [-0.1, -0.05) is 48.0 Å². The zero-order valence-electron chi connectivity index (χ0n) is 23.0. The number of aliphatic hydroxyl groups is 2. The minimum Gasteiger partial charge on any atom is -0.444 e. The summed E-state index contributed by atoms with van der Waals surface area (Å²) in [4.78, 5) is 26.3. The molecule has 0 heterocycles. The average Bonchev–Trinajstić information content (AvgIpc) is 2.86. The molecule has 16 heteroatoms. The summed E-state index contributed by atoms with van der Waals surface area (Å²) in [5, 5.41) is 20.5. The topological polar surface area (TPSA) is 99.1 Å². The largest absolute Gasteiger partial charge is 0.444 e. The van der Waals surface area contributed by atoms with Crippen LogP contribution in [0.5, 0.6) is 0 Å². The van der Waals surface area contributed by atoms with Crippen molar-refractivity contribution in [1.29, 1.82) is 0 Å². The van der Waals surface area contributed by atoms with Crippen LogP contribution in [0.4, 0.5) is 39.9 Å². The minimum absolute atomic E-state index is 0.509. The Morgan fingerprint density at radius 3 is 1.70 bits per heavy atom. The van der Waals surface area contributed by atoms with E-state index in [0.717, 1.165) is 24.3 Å². The van der Waals surface area contributed by atoms with Crippen LogP contribution in [0.3, 0.4) is 0 Å². The number of amides is 2. The number of nitrogens with zero attached hydrogens (tertiary/aromatic N) is 1. The molecule has 0 aliphatic heterocycles. The van der Waals surface area contributed by atoms with Crippen LogP contribution in [0.15, 0.2) is 48.5 Å². The van der Waals surface area contributed by atoms with Gasteiger partial charge in [0.2, 0.25) is 0 Å². The molecular formula is C27H29ClF8N2O5. The normalized spacial score (nSPS) is 16.0. The van der Waals surface area contributed by atoms with E-state index in [0.29, 0.717) is 24.3 Å². The molecule has 7 nitrogen and oxygen atoms in total. The molecule has 2 rings (SSSR count). The molecule has 0 fully saturated rings. The summed E-state index contributed by atoms with van der Waals surface area (Å²) in [6, 6.07) is 6.35. The van der Waals surface area contributed by atoms with Gasteiger partial charge in [-0.25, -0.2) is 13.6 Å². The first-order valence-corrected chi connectivity index (χ1v) is 13.0. The predicted octanol–water partition coefficient (Wildman–Crippen LogP) is 5.86. The Kier molecular flexibility index (Phi) is 11.1. The molecule has 3 N–H and O–H groups in total. The standard InChI is InChI=1S/C27H29ClF8N2O5/c1-23(2,3)43-22(42)38(25(13-15-40,27(34,35)36)17-9-5-7-11-19(17)30)20(28)21(41)37-24(12-14-39,26(31,32)33)16-8-4-6-10-18(16)29/h4-11,20,39-40H,12-15H2,1-3H3,(H,37,41). The molecule has 2 amide bonds. The SMILES string of the molecule is CC(C)(C)OC(=O)N(C(Cl)C(=O)NC(CCO)(c1ccccc1F)C(F)(F)F)C(CCO)(c1ccccc1F)C(F)(F)F. The van der Waals surface area contributed by atoms with E-state index in [1.165, 1.54) is 26.1 Å². The monoisotopic (exact) mass is 648 g/mol. The summed E-state index contributed by atoms with van der Waals surface area (Å²) in [7, 11) is 0. The Labute approximate surface area is 246 Å². The molecular weight excluding hydrogens is 620 g/mol. The summed E-state index contributed by atoms with van der Waals surface area (Å²) < 4.78 is 124. The van der Waals surface area contributed by atoms with Crippen LogP contribution in [0.2, 0.25) is 0 Å². The van der Waals surface area contributed by atoms with Crippen LogP contribution in [-0.4, -0.2) is 63.8 Å². The zero-order valence-corrected chi connectivity index (χ0v) is 23.7. The Hall–Kier alpha value is -3.17. The molecule has 43 heavy (non-hydrogen) atoms. The van der Waals surface area contributed by atoms with E-state index < -0.39 is 100 Å². The molecule has 3 unspecified atom stereocenters. The number of carbonyl (C=O) groups is 2. The maximum absolute atomic E-state index is 15.1. The highest BCUT2D eigenvalue weighted by molar-refractivity contribution is 6.31. The van der Waals surface area contributed by atoms with E-state index in [1.807, 2.05) is 0 Å². The molecule has 2 aromatic rings. The van der Waals surface area contributed by atoms with Crippen molar-refractivity contribution >= 4 is 23.6 Å². The molecule has 0 radical (unpaired) electrons. The van der Waals surface area contributed by atoms with E-state index in [4.69, 9.17) is 16.3 Å². The number of hydrogen-bond donors (Lipinski definition) is 3. The number of carbonyl (C=O) groups excluding carboxylic acids is 2. The van der Waals surface area contributed by atoms with Crippen molar-refractivity contribution in [2.45, 2.75) is 68.1 Å². The van der Waals surface area contributed by atoms with Crippen molar-refractivity contribution in [2.24, 2.45) is 0 Å². The molecule has 0 saturated carbocycles. The number of hydrogen-bond acceptors (Lipinski definition) is 5. The van der Waals surface area contributed by atoms with Gasteiger partial charge in [0.05, 0.1) is 0 Å². The number of halogens is 9. The predicted molar refractivity (Wildman–Crippen MR) is 138 cm³/mol. The van der Waals surface area contributed by atoms with Crippen molar-refractivity contribution in [1.82, 2.24) is 10.2 Å². The number of aliphatic hydroxyl groups excluding tert-OH is 2. The van der Waals surface area contributed by atoms with Crippen molar-refractivity contribution in [3.05, 3.63) is 71.3 Å². The maximum Gasteiger partial charge on any atom is 0.416 e. The highest BCUT2D eigenvalue weighted by Crippen LogP contribution is 2.50. The summed E-state index contributed by atoms with van der Waals surface area (Å²) >= 11 is 6.12. The van der Waals surface area contributed by atoms with Gasteiger partial charge in [0, 0.05) is 37.2 Å². The Morgan fingerprint density at radius 2 is 1.30 bits per heavy atom. The Bertz CT molecular complexity index is 1290. The first-order chi connectivity index (χ1) is 19.7. The lowest BCUT2D eigenvalue weighted by Gasteiger charge is -2.47. The lowest BCUT2D eigenvalue weighted by atomic mass is 9.83. The number of benzene rings is 2. The van der Waals surface area contributed by atoms with Crippen molar-refractivity contribution < 1.29 is 59.7 Å². The quantitative estimate of drug-likeness (QED) is 0.170. The zero-order chi connectivity index (χ0) is 33.0. The maximum atomic E-state index is 15.1. The third-order valence-corrected chi connectivity index (χ3v) is 6.74. The second-order valence-electron chi connectivity index (χ2n) is 10.3. The van der Waals surface area contributed by atoms with Crippen LogP contribution < -0.4 is 5.32 Å². The van der Waals surface area contributed by atoms with E-state index >= 15 is 17.6 Å². The second-order valence-corrected chi connectivity index (χ2v) is 10.8. The third-order valence-electron chi connectivity index (χ3n) is 6.35. The van der Waals surface area contributed by atoms with Gasteiger partial charge in [0.15, 0.2) is 16.6 Å². The van der Waals surface area contributed by atoms with Gasteiger partial charge in [-0.2, -0.15) is 26.3 Å². The van der Waals surface area contributed by atoms with Gasteiger partial charge < -0.3 is 20.3 Å². The molecule has 0 aromatic heterocycles. The summed E-state index contributed by atoms with van der Waals surface area (Å²) in [5.74, 6) is -5.19. The van der Waals surface area contributed by atoms with Crippen LogP contribution in [0.1, 0.15) is 44.7 Å². The minimum atomic E-state index is -5.74.